The Balaban J connectivity index is 2.41. The van der Waals surface area contributed by atoms with Gasteiger partial charge in [-0.15, -0.1) is 0 Å². The molecule has 0 bridgehead atoms. The van der Waals surface area contributed by atoms with E-state index in [1.807, 2.05) is 12.1 Å². The van der Waals surface area contributed by atoms with Gasteiger partial charge in [0.15, 0.2) is 0 Å². The molecule has 14 heavy (non-hydrogen) atoms. The molecule has 0 fully saturated rings. The number of hydrogen-bond acceptors (Lipinski definition) is 4. The van der Waals surface area contributed by atoms with Crippen LogP contribution in [0.4, 0.5) is 5.69 Å². The first kappa shape index (κ1) is 10.8. The van der Waals surface area contributed by atoms with Crippen molar-refractivity contribution in [3.05, 3.63) is 24.3 Å². The van der Waals surface area contributed by atoms with Gasteiger partial charge in [-0.2, -0.15) is 0 Å². The van der Waals surface area contributed by atoms with Crippen LogP contribution in [0, 0.1) is 0 Å². The van der Waals surface area contributed by atoms with E-state index in [0.717, 1.165) is 0 Å². The van der Waals surface area contributed by atoms with E-state index in [4.69, 9.17) is 15.2 Å². The summed E-state index contributed by atoms with van der Waals surface area (Å²) in [6, 6.07) is 7.16. The Morgan fingerprint density at radius 3 is 2.71 bits per heavy atom. The van der Waals surface area contributed by atoms with Crippen LogP contribution in [0.15, 0.2) is 24.3 Å². The van der Waals surface area contributed by atoms with Gasteiger partial charge in [0, 0.05) is 7.11 Å². The van der Waals surface area contributed by atoms with Crippen LogP contribution in [0.25, 0.3) is 0 Å². The number of para-hydroxylation sites is 2. The molecule has 0 spiro atoms. The average molecular weight is 197 g/mol. The number of rotatable bonds is 5. The summed E-state index contributed by atoms with van der Waals surface area (Å²) in [5, 5.41) is 9.31. The third-order valence-electron chi connectivity index (χ3n) is 1.71. The number of aliphatic hydroxyl groups is 1. The molecular formula is C10H15NO3. The Hall–Kier alpha value is -1.26. The molecule has 0 saturated heterocycles. The van der Waals surface area contributed by atoms with Gasteiger partial charge in [0.05, 0.1) is 12.3 Å². The van der Waals surface area contributed by atoms with E-state index in [0.29, 0.717) is 11.4 Å². The van der Waals surface area contributed by atoms with E-state index in [9.17, 15) is 5.11 Å². The predicted octanol–water partition coefficient (Wildman–Crippen LogP) is 0.655. The Labute approximate surface area is 83.3 Å². The zero-order chi connectivity index (χ0) is 10.4. The van der Waals surface area contributed by atoms with E-state index in [-0.39, 0.29) is 13.2 Å². The molecule has 1 rings (SSSR count). The molecule has 4 nitrogen and oxygen atoms in total. The molecule has 0 aliphatic carbocycles. The summed E-state index contributed by atoms with van der Waals surface area (Å²) < 4.78 is 10.1. The van der Waals surface area contributed by atoms with Crippen molar-refractivity contribution in [3.63, 3.8) is 0 Å². The van der Waals surface area contributed by atoms with Gasteiger partial charge in [-0.1, -0.05) is 12.1 Å². The van der Waals surface area contributed by atoms with Gasteiger partial charge in [0.25, 0.3) is 0 Å². The largest absolute Gasteiger partial charge is 0.489 e. The van der Waals surface area contributed by atoms with Gasteiger partial charge < -0.3 is 20.3 Å². The van der Waals surface area contributed by atoms with E-state index in [1.165, 1.54) is 7.11 Å². The first-order valence-corrected chi connectivity index (χ1v) is 4.38. The molecule has 0 radical (unpaired) electrons. The number of nitrogen functional groups attached to an aromatic ring is 1. The molecule has 0 aromatic heterocycles. The van der Waals surface area contributed by atoms with Crippen molar-refractivity contribution in [3.8, 4) is 5.75 Å². The fourth-order valence-corrected chi connectivity index (χ4v) is 1.04. The average Bonchev–Trinajstić information content (AvgIpc) is 2.17. The van der Waals surface area contributed by atoms with Gasteiger partial charge in [-0.25, -0.2) is 0 Å². The van der Waals surface area contributed by atoms with Crippen LogP contribution < -0.4 is 10.5 Å². The van der Waals surface area contributed by atoms with Crippen LogP contribution in [-0.4, -0.2) is 31.5 Å². The summed E-state index contributed by atoms with van der Waals surface area (Å²) in [5.74, 6) is 0.586. The first-order valence-electron chi connectivity index (χ1n) is 4.38. The summed E-state index contributed by atoms with van der Waals surface area (Å²) in [6.07, 6.45) is -0.625. The van der Waals surface area contributed by atoms with Crippen molar-refractivity contribution < 1.29 is 14.6 Å². The minimum atomic E-state index is -0.625. The minimum absolute atomic E-state index is 0.183. The van der Waals surface area contributed by atoms with Crippen molar-refractivity contribution in [2.75, 3.05) is 26.1 Å². The summed E-state index contributed by atoms with van der Waals surface area (Å²) in [5.41, 5.74) is 6.21. The summed E-state index contributed by atoms with van der Waals surface area (Å²) in [4.78, 5) is 0. The molecule has 4 heteroatoms. The zero-order valence-corrected chi connectivity index (χ0v) is 8.14. The highest BCUT2D eigenvalue weighted by molar-refractivity contribution is 5.51. The maximum atomic E-state index is 9.31. The third-order valence-corrected chi connectivity index (χ3v) is 1.71. The number of methoxy groups -OCH3 is 1. The van der Waals surface area contributed by atoms with Crippen LogP contribution in [0.5, 0.6) is 5.75 Å². The molecular weight excluding hydrogens is 182 g/mol. The second kappa shape index (κ2) is 5.47. The van der Waals surface area contributed by atoms with E-state index in [1.54, 1.807) is 12.1 Å². The second-order valence-electron chi connectivity index (χ2n) is 2.96. The molecule has 1 unspecified atom stereocenters. The zero-order valence-electron chi connectivity index (χ0n) is 8.14. The monoisotopic (exact) mass is 197 g/mol. The molecule has 0 aliphatic rings. The second-order valence-corrected chi connectivity index (χ2v) is 2.96. The Bertz CT molecular complexity index is 278. The Kier molecular flexibility index (Phi) is 4.22. The molecule has 0 heterocycles. The molecule has 0 amide bonds. The standard InChI is InChI=1S/C10H15NO3/c1-13-6-8(12)7-14-10-5-3-2-4-9(10)11/h2-5,8,12H,6-7,11H2,1H3. The lowest BCUT2D eigenvalue weighted by atomic mass is 10.3. The van der Waals surface area contributed by atoms with Crippen LogP contribution >= 0.6 is 0 Å². The summed E-state index contributed by atoms with van der Waals surface area (Å²) in [6.45, 7) is 0.439. The highest BCUT2D eigenvalue weighted by Gasteiger charge is 2.05. The van der Waals surface area contributed by atoms with Crippen molar-refractivity contribution in [1.29, 1.82) is 0 Å². The predicted molar refractivity (Wildman–Crippen MR) is 54.2 cm³/mol. The topological polar surface area (TPSA) is 64.7 Å². The maximum Gasteiger partial charge on any atom is 0.142 e. The number of aliphatic hydroxyl groups excluding tert-OH is 1. The van der Waals surface area contributed by atoms with Crippen LogP contribution in [0.1, 0.15) is 0 Å². The Morgan fingerprint density at radius 1 is 1.36 bits per heavy atom. The molecule has 1 aromatic carbocycles. The van der Waals surface area contributed by atoms with Crippen molar-refractivity contribution in [2.24, 2.45) is 0 Å². The number of hydrogen-bond donors (Lipinski definition) is 2. The molecule has 0 aliphatic heterocycles. The highest BCUT2D eigenvalue weighted by atomic mass is 16.5. The van der Waals surface area contributed by atoms with Crippen LogP contribution in [0.3, 0.4) is 0 Å². The SMILES string of the molecule is COCC(O)COc1ccccc1N. The van der Waals surface area contributed by atoms with Gasteiger partial charge >= 0.3 is 0 Å². The van der Waals surface area contributed by atoms with Gasteiger partial charge in [-0.05, 0) is 12.1 Å². The summed E-state index contributed by atoms with van der Waals surface area (Å²) >= 11 is 0. The van der Waals surface area contributed by atoms with Crippen molar-refractivity contribution >= 4 is 5.69 Å². The molecule has 0 saturated carbocycles. The fraction of sp³-hybridized carbons (Fsp3) is 0.400. The van der Waals surface area contributed by atoms with E-state index >= 15 is 0 Å². The maximum absolute atomic E-state index is 9.31. The van der Waals surface area contributed by atoms with Crippen LogP contribution in [-0.2, 0) is 4.74 Å². The lowest BCUT2D eigenvalue weighted by molar-refractivity contribution is 0.0327. The summed E-state index contributed by atoms with van der Waals surface area (Å²) in [7, 11) is 1.53. The molecule has 1 aromatic rings. The number of ether oxygens (including phenoxy) is 2. The lowest BCUT2D eigenvalue weighted by Crippen LogP contribution is -2.22. The quantitative estimate of drug-likeness (QED) is 0.680. The van der Waals surface area contributed by atoms with Gasteiger partial charge in [0.1, 0.15) is 18.5 Å². The molecule has 1 atom stereocenters. The number of benzene rings is 1. The van der Waals surface area contributed by atoms with Gasteiger partial charge in [-0.3, -0.25) is 0 Å². The first-order chi connectivity index (χ1) is 6.74. The normalized spacial score (nSPS) is 12.4. The van der Waals surface area contributed by atoms with E-state index < -0.39 is 6.10 Å². The van der Waals surface area contributed by atoms with Gasteiger partial charge in [0.2, 0.25) is 0 Å². The minimum Gasteiger partial charge on any atom is -0.489 e. The number of anilines is 1. The van der Waals surface area contributed by atoms with E-state index in [2.05, 4.69) is 0 Å². The number of nitrogens with two attached hydrogens (primary N) is 1. The molecule has 3 N–H and O–H groups in total. The molecule has 78 valence electrons. The lowest BCUT2D eigenvalue weighted by Gasteiger charge is -2.12. The third kappa shape index (κ3) is 3.24. The Morgan fingerprint density at radius 2 is 2.07 bits per heavy atom. The van der Waals surface area contributed by atoms with Crippen LogP contribution in [0.2, 0.25) is 0 Å². The fourth-order valence-electron chi connectivity index (χ4n) is 1.04. The smallest absolute Gasteiger partial charge is 0.142 e. The highest BCUT2D eigenvalue weighted by Crippen LogP contribution is 2.19. The van der Waals surface area contributed by atoms with Crippen molar-refractivity contribution in [1.82, 2.24) is 0 Å². The van der Waals surface area contributed by atoms with Crippen molar-refractivity contribution in [2.45, 2.75) is 6.10 Å².